The van der Waals surface area contributed by atoms with E-state index in [4.69, 9.17) is 0 Å². The Morgan fingerprint density at radius 3 is 2.65 bits per heavy atom. The van der Waals surface area contributed by atoms with Crippen LogP contribution in [0.3, 0.4) is 0 Å². The second-order valence-corrected chi connectivity index (χ2v) is 6.80. The number of carbonyl (C=O) groups excluding carboxylic acids is 1. The molecule has 0 saturated heterocycles. The largest absolute Gasteiger partial charge is 0.304 e. The monoisotopic (exact) mass is 296 g/mol. The van der Waals surface area contributed by atoms with E-state index >= 15 is 0 Å². The standard InChI is InChI=1S/C14H20N2O3S/c1-3-11(2)14(17)15-20(18,19)16-9-8-12-6-4-5-7-13(12)10-16/h4-7,11H,3,8-10H2,1-2H3,(H,15,17). The number of rotatable bonds is 4. The Morgan fingerprint density at radius 1 is 1.35 bits per heavy atom. The Balaban J connectivity index is 2.11. The maximum absolute atomic E-state index is 12.2. The molecule has 2 rings (SSSR count). The highest BCUT2D eigenvalue weighted by atomic mass is 32.2. The fourth-order valence-corrected chi connectivity index (χ4v) is 3.38. The molecule has 1 aliphatic rings. The van der Waals surface area contributed by atoms with Gasteiger partial charge in [-0.3, -0.25) is 4.79 Å². The van der Waals surface area contributed by atoms with Crippen LogP contribution in [-0.4, -0.2) is 25.2 Å². The first-order chi connectivity index (χ1) is 9.44. The van der Waals surface area contributed by atoms with Crippen molar-refractivity contribution in [1.82, 2.24) is 9.03 Å². The van der Waals surface area contributed by atoms with Crippen LogP contribution >= 0.6 is 0 Å². The summed E-state index contributed by atoms with van der Waals surface area (Å²) in [7, 11) is -3.75. The van der Waals surface area contributed by atoms with Crippen LogP contribution in [0.4, 0.5) is 0 Å². The minimum atomic E-state index is -3.75. The van der Waals surface area contributed by atoms with Gasteiger partial charge >= 0.3 is 10.2 Å². The highest BCUT2D eigenvalue weighted by molar-refractivity contribution is 7.87. The Kier molecular flexibility index (Phi) is 4.45. The van der Waals surface area contributed by atoms with E-state index in [1.165, 1.54) is 9.87 Å². The van der Waals surface area contributed by atoms with Crippen molar-refractivity contribution in [3.8, 4) is 0 Å². The predicted octanol–water partition coefficient (Wildman–Crippen LogP) is 1.45. The van der Waals surface area contributed by atoms with Gasteiger partial charge in [0.1, 0.15) is 0 Å². The van der Waals surface area contributed by atoms with Gasteiger partial charge in [0.05, 0.1) is 0 Å². The van der Waals surface area contributed by atoms with Crippen LogP contribution in [0.15, 0.2) is 24.3 Å². The number of carbonyl (C=O) groups is 1. The molecule has 1 unspecified atom stereocenters. The summed E-state index contributed by atoms with van der Waals surface area (Å²) in [6, 6.07) is 7.78. The zero-order chi connectivity index (χ0) is 14.8. The maximum Gasteiger partial charge on any atom is 0.304 e. The van der Waals surface area contributed by atoms with Crippen LogP contribution in [0.25, 0.3) is 0 Å². The summed E-state index contributed by atoms with van der Waals surface area (Å²) in [6.45, 7) is 4.30. The smallest absolute Gasteiger partial charge is 0.274 e. The second kappa shape index (κ2) is 5.93. The third-order valence-electron chi connectivity index (χ3n) is 3.73. The maximum atomic E-state index is 12.2. The number of hydrogen-bond donors (Lipinski definition) is 1. The summed E-state index contributed by atoms with van der Waals surface area (Å²) in [6.07, 6.45) is 1.29. The molecule has 1 aromatic rings. The Bertz CT molecular complexity index is 598. The lowest BCUT2D eigenvalue weighted by Crippen LogP contribution is -2.46. The molecule has 0 bridgehead atoms. The van der Waals surface area contributed by atoms with Gasteiger partial charge in [0, 0.05) is 19.0 Å². The van der Waals surface area contributed by atoms with Crippen LogP contribution in [0.2, 0.25) is 0 Å². The van der Waals surface area contributed by atoms with Gasteiger partial charge in [-0.1, -0.05) is 38.1 Å². The van der Waals surface area contributed by atoms with E-state index in [2.05, 4.69) is 4.72 Å². The number of amides is 1. The predicted molar refractivity (Wildman–Crippen MR) is 77.1 cm³/mol. The molecular weight excluding hydrogens is 276 g/mol. The molecule has 0 spiro atoms. The van der Waals surface area contributed by atoms with Crippen LogP contribution < -0.4 is 4.72 Å². The molecule has 5 nitrogen and oxygen atoms in total. The minimum absolute atomic E-state index is 0.304. The Labute approximate surface area is 120 Å². The molecule has 0 saturated carbocycles. The number of nitrogens with zero attached hydrogens (tertiary/aromatic N) is 1. The molecule has 0 aliphatic carbocycles. The Hall–Kier alpha value is -1.40. The summed E-state index contributed by atoms with van der Waals surface area (Å²) in [5.74, 6) is -0.742. The average molecular weight is 296 g/mol. The van der Waals surface area contributed by atoms with Gasteiger partial charge < -0.3 is 0 Å². The van der Waals surface area contributed by atoms with Crippen LogP contribution in [0, 0.1) is 5.92 Å². The molecule has 1 heterocycles. The molecule has 0 aromatic heterocycles. The zero-order valence-electron chi connectivity index (χ0n) is 11.8. The average Bonchev–Trinajstić information content (AvgIpc) is 2.45. The van der Waals surface area contributed by atoms with Crippen molar-refractivity contribution in [2.24, 2.45) is 5.92 Å². The lowest BCUT2D eigenvalue weighted by atomic mass is 10.0. The molecule has 6 heteroatoms. The van der Waals surface area contributed by atoms with Gasteiger partial charge in [-0.05, 0) is 24.0 Å². The fraction of sp³-hybridized carbons (Fsp3) is 0.500. The molecular formula is C14H20N2O3S. The van der Waals surface area contributed by atoms with Crippen molar-refractivity contribution in [2.45, 2.75) is 33.2 Å². The van der Waals surface area contributed by atoms with Crippen LogP contribution in [0.1, 0.15) is 31.4 Å². The van der Waals surface area contributed by atoms with Crippen LogP contribution in [0.5, 0.6) is 0 Å². The fourth-order valence-electron chi connectivity index (χ4n) is 2.15. The van der Waals surface area contributed by atoms with Gasteiger partial charge in [0.15, 0.2) is 0 Å². The van der Waals surface area contributed by atoms with E-state index in [1.807, 2.05) is 31.2 Å². The van der Waals surface area contributed by atoms with Gasteiger partial charge in [-0.25, -0.2) is 4.72 Å². The van der Waals surface area contributed by atoms with Crippen molar-refractivity contribution in [3.05, 3.63) is 35.4 Å². The number of benzene rings is 1. The third-order valence-corrected chi connectivity index (χ3v) is 5.18. The summed E-state index contributed by atoms with van der Waals surface area (Å²) in [5, 5.41) is 0. The Morgan fingerprint density at radius 2 is 2.00 bits per heavy atom. The lowest BCUT2D eigenvalue weighted by Gasteiger charge is -2.28. The third kappa shape index (κ3) is 3.19. The topological polar surface area (TPSA) is 66.5 Å². The van der Waals surface area contributed by atoms with Crippen molar-refractivity contribution < 1.29 is 13.2 Å². The summed E-state index contributed by atoms with van der Waals surface area (Å²) in [4.78, 5) is 11.8. The SMILES string of the molecule is CCC(C)C(=O)NS(=O)(=O)N1CCc2ccccc2C1. The molecule has 0 radical (unpaired) electrons. The molecule has 0 fully saturated rings. The van der Waals surface area contributed by atoms with Crippen molar-refractivity contribution >= 4 is 16.1 Å². The van der Waals surface area contributed by atoms with Crippen molar-refractivity contribution in [2.75, 3.05) is 6.54 Å². The molecule has 1 atom stereocenters. The van der Waals surface area contributed by atoms with E-state index < -0.39 is 16.1 Å². The first-order valence-electron chi connectivity index (χ1n) is 6.82. The summed E-state index contributed by atoms with van der Waals surface area (Å²) >= 11 is 0. The zero-order valence-corrected chi connectivity index (χ0v) is 12.6. The number of fused-ring (bicyclic) bond motifs is 1. The summed E-state index contributed by atoms with van der Waals surface area (Å²) in [5.41, 5.74) is 2.17. The van der Waals surface area contributed by atoms with E-state index in [0.717, 1.165) is 5.56 Å². The van der Waals surface area contributed by atoms with Crippen molar-refractivity contribution in [1.29, 1.82) is 0 Å². The van der Waals surface area contributed by atoms with Crippen LogP contribution in [-0.2, 0) is 28.0 Å². The van der Waals surface area contributed by atoms with Gasteiger partial charge in [-0.15, -0.1) is 0 Å². The normalized spacial score (nSPS) is 17.3. The summed E-state index contributed by atoms with van der Waals surface area (Å²) < 4.78 is 27.9. The van der Waals surface area contributed by atoms with E-state index in [9.17, 15) is 13.2 Å². The molecule has 110 valence electrons. The van der Waals surface area contributed by atoms with Crippen molar-refractivity contribution in [3.63, 3.8) is 0 Å². The van der Waals surface area contributed by atoms with E-state index in [1.54, 1.807) is 6.92 Å². The molecule has 20 heavy (non-hydrogen) atoms. The highest BCUT2D eigenvalue weighted by Gasteiger charge is 2.28. The number of nitrogens with one attached hydrogen (secondary N) is 1. The molecule has 1 amide bonds. The quantitative estimate of drug-likeness (QED) is 0.914. The highest BCUT2D eigenvalue weighted by Crippen LogP contribution is 2.20. The van der Waals surface area contributed by atoms with E-state index in [0.29, 0.717) is 25.9 Å². The van der Waals surface area contributed by atoms with E-state index in [-0.39, 0.29) is 5.92 Å². The van der Waals surface area contributed by atoms with Gasteiger partial charge in [0.25, 0.3) is 0 Å². The second-order valence-electron chi connectivity index (χ2n) is 5.13. The first kappa shape index (κ1) is 15.0. The molecule has 1 N–H and O–H groups in total. The molecule has 1 aliphatic heterocycles. The first-order valence-corrected chi connectivity index (χ1v) is 8.26. The van der Waals surface area contributed by atoms with Gasteiger partial charge in [0.2, 0.25) is 5.91 Å². The minimum Gasteiger partial charge on any atom is -0.274 e. The van der Waals surface area contributed by atoms with Gasteiger partial charge in [-0.2, -0.15) is 12.7 Å². The number of hydrogen-bond acceptors (Lipinski definition) is 3. The molecule has 1 aromatic carbocycles. The lowest BCUT2D eigenvalue weighted by molar-refractivity contribution is -0.122.